The Hall–Kier alpha value is -0.860. The van der Waals surface area contributed by atoms with Crippen molar-refractivity contribution >= 4 is 0 Å². The Morgan fingerprint density at radius 1 is 1.19 bits per heavy atom. The lowest BCUT2D eigenvalue weighted by Gasteiger charge is -2.22. The van der Waals surface area contributed by atoms with E-state index in [0.717, 1.165) is 19.6 Å². The highest BCUT2D eigenvalue weighted by atomic mass is 16.5. The summed E-state index contributed by atoms with van der Waals surface area (Å²) in [6.07, 6.45) is 1.10. The maximum atomic E-state index is 5.41. The Balaban J connectivity index is 2.49. The first kappa shape index (κ1) is 13.2. The van der Waals surface area contributed by atoms with E-state index in [0.29, 0.717) is 12.1 Å². The summed E-state index contributed by atoms with van der Waals surface area (Å²) in [4.78, 5) is 0. The van der Waals surface area contributed by atoms with Crippen LogP contribution in [0.3, 0.4) is 0 Å². The Kier molecular flexibility index (Phi) is 6.12. The standard InChI is InChI=1S/C14H23NO/c1-4-14(13-9-7-6-8-10-13)15-12(3)11-16-5-2/h6-10,12,14-15H,4-5,11H2,1-3H3. The second kappa shape index (κ2) is 7.42. The Morgan fingerprint density at radius 3 is 2.44 bits per heavy atom. The summed E-state index contributed by atoms with van der Waals surface area (Å²) in [5.74, 6) is 0. The van der Waals surface area contributed by atoms with Crippen molar-refractivity contribution in [2.75, 3.05) is 13.2 Å². The monoisotopic (exact) mass is 221 g/mol. The van der Waals surface area contributed by atoms with Crippen LogP contribution < -0.4 is 5.32 Å². The van der Waals surface area contributed by atoms with Crippen molar-refractivity contribution in [1.29, 1.82) is 0 Å². The van der Waals surface area contributed by atoms with E-state index in [9.17, 15) is 0 Å². The SMILES string of the molecule is CCOCC(C)NC(CC)c1ccccc1. The van der Waals surface area contributed by atoms with Gasteiger partial charge in [-0.15, -0.1) is 0 Å². The van der Waals surface area contributed by atoms with E-state index in [4.69, 9.17) is 4.74 Å². The summed E-state index contributed by atoms with van der Waals surface area (Å²) in [5, 5.41) is 3.59. The van der Waals surface area contributed by atoms with Crippen molar-refractivity contribution in [3.63, 3.8) is 0 Å². The minimum absolute atomic E-state index is 0.394. The first-order valence-corrected chi connectivity index (χ1v) is 6.16. The van der Waals surface area contributed by atoms with Gasteiger partial charge >= 0.3 is 0 Å². The van der Waals surface area contributed by atoms with E-state index in [1.54, 1.807) is 0 Å². The molecule has 0 saturated heterocycles. The fourth-order valence-corrected chi connectivity index (χ4v) is 1.82. The van der Waals surface area contributed by atoms with Crippen molar-refractivity contribution in [2.24, 2.45) is 0 Å². The van der Waals surface area contributed by atoms with Gasteiger partial charge in [-0.3, -0.25) is 0 Å². The van der Waals surface area contributed by atoms with Crippen molar-refractivity contribution in [3.8, 4) is 0 Å². The zero-order valence-electron chi connectivity index (χ0n) is 10.6. The normalized spacial score (nSPS) is 14.7. The van der Waals surface area contributed by atoms with Crippen LogP contribution in [0.1, 0.15) is 38.8 Å². The van der Waals surface area contributed by atoms with Gasteiger partial charge in [-0.25, -0.2) is 0 Å². The highest BCUT2D eigenvalue weighted by Crippen LogP contribution is 2.16. The molecule has 1 N–H and O–H groups in total. The largest absolute Gasteiger partial charge is 0.380 e. The molecule has 1 aromatic rings. The average molecular weight is 221 g/mol. The van der Waals surface area contributed by atoms with Gasteiger partial charge in [-0.1, -0.05) is 37.3 Å². The van der Waals surface area contributed by atoms with Crippen molar-refractivity contribution in [3.05, 3.63) is 35.9 Å². The minimum atomic E-state index is 0.394. The minimum Gasteiger partial charge on any atom is -0.380 e. The van der Waals surface area contributed by atoms with Gasteiger partial charge in [0.1, 0.15) is 0 Å². The van der Waals surface area contributed by atoms with Crippen LogP contribution in [-0.2, 0) is 4.74 Å². The number of hydrogen-bond donors (Lipinski definition) is 1. The lowest BCUT2D eigenvalue weighted by atomic mass is 10.0. The molecule has 1 aromatic carbocycles. The second-order valence-electron chi connectivity index (χ2n) is 4.10. The number of hydrogen-bond acceptors (Lipinski definition) is 2. The summed E-state index contributed by atoms with van der Waals surface area (Å²) < 4.78 is 5.41. The number of ether oxygens (including phenoxy) is 1. The molecule has 0 bridgehead atoms. The van der Waals surface area contributed by atoms with E-state index < -0.39 is 0 Å². The first-order valence-electron chi connectivity index (χ1n) is 6.16. The lowest BCUT2D eigenvalue weighted by Crippen LogP contribution is -2.33. The van der Waals surface area contributed by atoms with Crippen molar-refractivity contribution in [1.82, 2.24) is 5.32 Å². The highest BCUT2D eigenvalue weighted by Gasteiger charge is 2.11. The third-order valence-electron chi connectivity index (χ3n) is 2.67. The van der Waals surface area contributed by atoms with E-state index in [1.165, 1.54) is 5.56 Å². The zero-order valence-corrected chi connectivity index (χ0v) is 10.6. The molecule has 2 heteroatoms. The van der Waals surface area contributed by atoms with Gasteiger partial charge in [0.2, 0.25) is 0 Å². The van der Waals surface area contributed by atoms with E-state index >= 15 is 0 Å². The van der Waals surface area contributed by atoms with Crippen LogP contribution >= 0.6 is 0 Å². The van der Waals surface area contributed by atoms with Gasteiger partial charge in [-0.2, -0.15) is 0 Å². The lowest BCUT2D eigenvalue weighted by molar-refractivity contribution is 0.123. The molecule has 0 amide bonds. The smallest absolute Gasteiger partial charge is 0.0616 e. The molecular formula is C14H23NO. The van der Waals surface area contributed by atoms with Crippen LogP contribution in [0.5, 0.6) is 0 Å². The molecule has 0 aliphatic heterocycles. The Labute approximate surface area is 99.0 Å². The average Bonchev–Trinajstić information content (AvgIpc) is 2.34. The summed E-state index contributed by atoms with van der Waals surface area (Å²) in [6.45, 7) is 7.97. The maximum absolute atomic E-state index is 5.41. The third kappa shape index (κ3) is 4.33. The number of nitrogens with one attached hydrogen (secondary N) is 1. The first-order chi connectivity index (χ1) is 7.77. The molecule has 1 rings (SSSR count). The van der Waals surface area contributed by atoms with E-state index in [-0.39, 0.29) is 0 Å². The molecule has 90 valence electrons. The van der Waals surface area contributed by atoms with E-state index in [2.05, 4.69) is 49.5 Å². The van der Waals surface area contributed by atoms with Crippen molar-refractivity contribution < 1.29 is 4.74 Å². The van der Waals surface area contributed by atoms with Crippen LogP contribution in [0.15, 0.2) is 30.3 Å². The molecule has 0 heterocycles. The van der Waals surface area contributed by atoms with Crippen LogP contribution in [-0.4, -0.2) is 19.3 Å². The van der Waals surface area contributed by atoms with Crippen LogP contribution in [0.2, 0.25) is 0 Å². The molecule has 2 nitrogen and oxygen atoms in total. The third-order valence-corrected chi connectivity index (χ3v) is 2.67. The fraction of sp³-hybridized carbons (Fsp3) is 0.571. The quantitative estimate of drug-likeness (QED) is 0.763. The maximum Gasteiger partial charge on any atom is 0.0616 e. The number of rotatable bonds is 7. The molecule has 16 heavy (non-hydrogen) atoms. The zero-order chi connectivity index (χ0) is 11.8. The molecular weight excluding hydrogens is 198 g/mol. The van der Waals surface area contributed by atoms with Crippen LogP contribution in [0.4, 0.5) is 0 Å². The van der Waals surface area contributed by atoms with Crippen LogP contribution in [0, 0.1) is 0 Å². The molecule has 0 aliphatic rings. The van der Waals surface area contributed by atoms with E-state index in [1.807, 2.05) is 6.92 Å². The molecule has 0 aromatic heterocycles. The topological polar surface area (TPSA) is 21.3 Å². The fourth-order valence-electron chi connectivity index (χ4n) is 1.82. The molecule has 0 spiro atoms. The molecule has 2 atom stereocenters. The predicted molar refractivity (Wildman–Crippen MR) is 68.6 cm³/mol. The summed E-state index contributed by atoms with van der Waals surface area (Å²) in [5.41, 5.74) is 1.35. The predicted octanol–water partition coefficient (Wildman–Crippen LogP) is 3.15. The van der Waals surface area contributed by atoms with Crippen molar-refractivity contribution in [2.45, 2.75) is 39.3 Å². The molecule has 0 radical (unpaired) electrons. The highest BCUT2D eigenvalue weighted by molar-refractivity contribution is 5.18. The summed E-state index contributed by atoms with van der Waals surface area (Å²) in [7, 11) is 0. The Morgan fingerprint density at radius 2 is 1.88 bits per heavy atom. The number of benzene rings is 1. The van der Waals surface area contributed by atoms with Gasteiger partial charge in [-0.05, 0) is 25.8 Å². The molecule has 0 saturated carbocycles. The van der Waals surface area contributed by atoms with Gasteiger partial charge in [0.15, 0.2) is 0 Å². The van der Waals surface area contributed by atoms with Gasteiger partial charge in [0, 0.05) is 18.7 Å². The molecule has 2 unspecified atom stereocenters. The summed E-state index contributed by atoms with van der Waals surface area (Å²) in [6, 6.07) is 11.4. The second-order valence-corrected chi connectivity index (χ2v) is 4.10. The molecule has 0 aliphatic carbocycles. The van der Waals surface area contributed by atoms with Gasteiger partial charge < -0.3 is 10.1 Å². The van der Waals surface area contributed by atoms with Crippen LogP contribution in [0.25, 0.3) is 0 Å². The van der Waals surface area contributed by atoms with Gasteiger partial charge in [0.05, 0.1) is 6.61 Å². The van der Waals surface area contributed by atoms with Gasteiger partial charge in [0.25, 0.3) is 0 Å². The Bertz CT molecular complexity index is 273. The summed E-state index contributed by atoms with van der Waals surface area (Å²) >= 11 is 0. The molecule has 0 fully saturated rings.